The van der Waals surface area contributed by atoms with Crippen molar-refractivity contribution in [2.24, 2.45) is 0 Å². The van der Waals surface area contributed by atoms with Crippen LogP contribution in [0.15, 0.2) is 46.2 Å². The number of nitrogens with zero attached hydrogens (tertiary/aromatic N) is 4. The summed E-state index contributed by atoms with van der Waals surface area (Å²) in [5.41, 5.74) is 1.57. The van der Waals surface area contributed by atoms with Crippen molar-refractivity contribution in [3.63, 3.8) is 0 Å². The molecule has 4 rings (SSSR count). The summed E-state index contributed by atoms with van der Waals surface area (Å²) in [7, 11) is -3.37. The standard InChI is InChI=1S/C20H21N5O4S/c1-13-21-12-16(19(26)22-13)18-11-17(14-4-3-5-15(10-14)30(2,27)28)23-20(24-18)25-6-8-29-9-7-25/h3-5,10-12H,6-9H2,1-2H3,(H,21,22,26). The molecule has 0 radical (unpaired) electrons. The van der Waals surface area contributed by atoms with Crippen molar-refractivity contribution in [1.29, 1.82) is 0 Å². The summed E-state index contributed by atoms with van der Waals surface area (Å²) >= 11 is 0. The SMILES string of the molecule is Cc1ncc(-c2cc(-c3cccc(S(C)(=O)=O)c3)nc(N3CCOCC3)n2)c(=O)[nH]1. The first kappa shape index (κ1) is 20.2. The van der Waals surface area contributed by atoms with Gasteiger partial charge in [0.2, 0.25) is 5.95 Å². The maximum absolute atomic E-state index is 12.5. The minimum Gasteiger partial charge on any atom is -0.378 e. The average Bonchev–Trinajstić information content (AvgIpc) is 2.73. The molecule has 0 saturated carbocycles. The van der Waals surface area contributed by atoms with E-state index in [1.807, 2.05) is 4.90 Å². The molecule has 10 heteroatoms. The van der Waals surface area contributed by atoms with E-state index in [2.05, 4.69) is 19.9 Å². The van der Waals surface area contributed by atoms with Crippen LogP contribution in [0.3, 0.4) is 0 Å². The fourth-order valence-corrected chi connectivity index (χ4v) is 3.84. The summed E-state index contributed by atoms with van der Waals surface area (Å²) in [4.78, 5) is 30.8. The first-order valence-corrected chi connectivity index (χ1v) is 11.3. The minimum absolute atomic E-state index is 0.197. The Kier molecular flexibility index (Phi) is 5.35. The number of hydrogen-bond acceptors (Lipinski definition) is 8. The number of benzene rings is 1. The van der Waals surface area contributed by atoms with Crippen molar-refractivity contribution < 1.29 is 13.2 Å². The van der Waals surface area contributed by atoms with Gasteiger partial charge in [0, 0.05) is 31.1 Å². The Morgan fingerprint density at radius 3 is 2.53 bits per heavy atom. The first-order chi connectivity index (χ1) is 14.3. The molecular weight excluding hydrogens is 406 g/mol. The maximum atomic E-state index is 12.5. The largest absolute Gasteiger partial charge is 0.378 e. The summed E-state index contributed by atoms with van der Waals surface area (Å²) in [5.74, 6) is 0.961. The summed E-state index contributed by atoms with van der Waals surface area (Å²) in [6.07, 6.45) is 2.64. The highest BCUT2D eigenvalue weighted by atomic mass is 32.2. The second-order valence-electron chi connectivity index (χ2n) is 7.05. The number of anilines is 1. The minimum atomic E-state index is -3.37. The van der Waals surface area contributed by atoms with Gasteiger partial charge < -0.3 is 14.6 Å². The molecule has 1 aromatic carbocycles. The van der Waals surface area contributed by atoms with Crippen LogP contribution in [-0.2, 0) is 14.6 Å². The van der Waals surface area contributed by atoms with Crippen LogP contribution in [0.1, 0.15) is 5.82 Å². The lowest BCUT2D eigenvalue weighted by Crippen LogP contribution is -2.37. The summed E-state index contributed by atoms with van der Waals surface area (Å²) in [5, 5.41) is 0. The van der Waals surface area contributed by atoms with Crippen LogP contribution in [0.5, 0.6) is 0 Å². The second-order valence-corrected chi connectivity index (χ2v) is 9.06. The predicted molar refractivity (Wildman–Crippen MR) is 112 cm³/mol. The number of aromatic nitrogens is 4. The highest BCUT2D eigenvalue weighted by molar-refractivity contribution is 7.90. The molecular formula is C20H21N5O4S. The molecule has 0 atom stereocenters. The fraction of sp³-hybridized carbons (Fsp3) is 0.300. The molecule has 156 valence electrons. The number of rotatable bonds is 4. The molecule has 0 spiro atoms. The second kappa shape index (κ2) is 7.96. The molecule has 30 heavy (non-hydrogen) atoms. The first-order valence-electron chi connectivity index (χ1n) is 9.40. The molecule has 2 aromatic heterocycles. The zero-order chi connectivity index (χ0) is 21.3. The number of sulfone groups is 1. The third-order valence-electron chi connectivity index (χ3n) is 4.77. The number of nitrogens with one attached hydrogen (secondary N) is 1. The lowest BCUT2D eigenvalue weighted by molar-refractivity contribution is 0.122. The molecule has 3 heterocycles. The number of morpholine rings is 1. The number of aryl methyl sites for hydroxylation is 1. The van der Waals surface area contributed by atoms with Crippen molar-refractivity contribution in [3.05, 3.63) is 52.7 Å². The van der Waals surface area contributed by atoms with E-state index < -0.39 is 9.84 Å². The van der Waals surface area contributed by atoms with E-state index in [0.29, 0.717) is 60.6 Å². The fourth-order valence-electron chi connectivity index (χ4n) is 3.18. The maximum Gasteiger partial charge on any atom is 0.260 e. The Hall–Kier alpha value is -3.11. The van der Waals surface area contributed by atoms with Crippen LogP contribution >= 0.6 is 0 Å². The molecule has 1 fully saturated rings. The average molecular weight is 427 g/mol. The highest BCUT2D eigenvalue weighted by Crippen LogP contribution is 2.27. The lowest BCUT2D eigenvalue weighted by Gasteiger charge is -2.27. The molecule has 9 nitrogen and oxygen atoms in total. The van der Waals surface area contributed by atoms with Crippen LogP contribution in [0.4, 0.5) is 5.95 Å². The third kappa shape index (κ3) is 4.24. The summed E-state index contributed by atoms with van der Waals surface area (Å²) in [6.45, 7) is 4.05. The highest BCUT2D eigenvalue weighted by Gasteiger charge is 2.19. The number of aromatic amines is 1. The molecule has 1 N–H and O–H groups in total. The Morgan fingerprint density at radius 1 is 1.10 bits per heavy atom. The van der Waals surface area contributed by atoms with Gasteiger partial charge in [-0.3, -0.25) is 4.79 Å². The molecule has 0 unspecified atom stereocenters. The van der Waals surface area contributed by atoms with Gasteiger partial charge in [-0.05, 0) is 25.1 Å². The lowest BCUT2D eigenvalue weighted by atomic mass is 10.1. The molecule has 1 aliphatic rings. The van der Waals surface area contributed by atoms with Crippen LogP contribution in [0, 0.1) is 6.92 Å². The molecule has 0 aliphatic carbocycles. The molecule has 3 aromatic rings. The van der Waals surface area contributed by atoms with Gasteiger partial charge in [0.05, 0.1) is 35.1 Å². The van der Waals surface area contributed by atoms with Crippen molar-refractivity contribution in [2.75, 3.05) is 37.5 Å². The van der Waals surface area contributed by atoms with Gasteiger partial charge in [-0.15, -0.1) is 0 Å². The molecule has 0 amide bonds. The van der Waals surface area contributed by atoms with Gasteiger partial charge in [0.15, 0.2) is 9.84 Å². The quantitative estimate of drug-likeness (QED) is 0.665. The van der Waals surface area contributed by atoms with Gasteiger partial charge in [0.25, 0.3) is 5.56 Å². The van der Waals surface area contributed by atoms with Crippen LogP contribution in [0.25, 0.3) is 22.5 Å². The molecule has 1 aliphatic heterocycles. The zero-order valence-corrected chi connectivity index (χ0v) is 17.4. The van der Waals surface area contributed by atoms with Crippen LogP contribution in [-0.4, -0.2) is 60.9 Å². The third-order valence-corrected chi connectivity index (χ3v) is 5.88. The number of hydrogen-bond donors (Lipinski definition) is 1. The monoisotopic (exact) mass is 427 g/mol. The van der Waals surface area contributed by atoms with E-state index in [1.165, 1.54) is 6.20 Å². The van der Waals surface area contributed by atoms with Gasteiger partial charge in [-0.25, -0.2) is 23.4 Å². The molecule has 1 saturated heterocycles. The van der Waals surface area contributed by atoms with E-state index in [1.54, 1.807) is 37.3 Å². The Bertz CT molecular complexity index is 1250. The van der Waals surface area contributed by atoms with E-state index in [9.17, 15) is 13.2 Å². The van der Waals surface area contributed by atoms with Gasteiger partial charge in [0.1, 0.15) is 5.82 Å². The summed E-state index contributed by atoms with van der Waals surface area (Å²) < 4.78 is 29.4. The topological polar surface area (TPSA) is 118 Å². The Labute approximate surface area is 173 Å². The van der Waals surface area contributed by atoms with Gasteiger partial charge >= 0.3 is 0 Å². The van der Waals surface area contributed by atoms with E-state index in [4.69, 9.17) is 4.74 Å². The Balaban J connectivity index is 1.89. The van der Waals surface area contributed by atoms with Gasteiger partial charge in [-0.1, -0.05) is 12.1 Å². The van der Waals surface area contributed by atoms with Crippen molar-refractivity contribution in [3.8, 4) is 22.5 Å². The van der Waals surface area contributed by atoms with Crippen molar-refractivity contribution >= 4 is 15.8 Å². The van der Waals surface area contributed by atoms with E-state index in [0.717, 1.165) is 6.26 Å². The van der Waals surface area contributed by atoms with Gasteiger partial charge in [-0.2, -0.15) is 0 Å². The number of ether oxygens (including phenoxy) is 1. The van der Waals surface area contributed by atoms with Crippen molar-refractivity contribution in [2.45, 2.75) is 11.8 Å². The van der Waals surface area contributed by atoms with Crippen LogP contribution in [0.2, 0.25) is 0 Å². The Morgan fingerprint density at radius 2 is 1.83 bits per heavy atom. The predicted octanol–water partition coefficient (Wildman–Crippen LogP) is 1.44. The van der Waals surface area contributed by atoms with Crippen LogP contribution < -0.4 is 10.5 Å². The normalized spacial score (nSPS) is 14.7. The van der Waals surface area contributed by atoms with E-state index in [-0.39, 0.29) is 10.5 Å². The van der Waals surface area contributed by atoms with E-state index >= 15 is 0 Å². The number of H-pyrrole nitrogens is 1. The summed E-state index contributed by atoms with van der Waals surface area (Å²) in [6, 6.07) is 8.23. The molecule has 0 bridgehead atoms. The van der Waals surface area contributed by atoms with Crippen molar-refractivity contribution in [1.82, 2.24) is 19.9 Å². The zero-order valence-electron chi connectivity index (χ0n) is 16.6. The smallest absolute Gasteiger partial charge is 0.260 e.